The monoisotopic (exact) mass is 506 g/mol. The van der Waals surface area contributed by atoms with Gasteiger partial charge in [0.2, 0.25) is 0 Å². The van der Waals surface area contributed by atoms with Gasteiger partial charge >= 0.3 is 0 Å². The Hall–Kier alpha value is -2.58. The SMILES string of the molecule is O=C(Nc1ccccc1-c1nc2ccc(CN3CCNCC3)cc2s1)c1cccc(Br)c1. The summed E-state index contributed by atoms with van der Waals surface area (Å²) in [4.78, 5) is 20.1. The van der Waals surface area contributed by atoms with Gasteiger partial charge in [0.25, 0.3) is 5.91 Å². The number of halogens is 1. The second-order valence-electron chi connectivity index (χ2n) is 7.86. The summed E-state index contributed by atoms with van der Waals surface area (Å²) < 4.78 is 2.04. The number of hydrogen-bond donors (Lipinski definition) is 2. The fourth-order valence-electron chi connectivity index (χ4n) is 3.91. The molecule has 0 unspecified atom stereocenters. The Bertz CT molecular complexity index is 1270. The highest BCUT2D eigenvalue weighted by molar-refractivity contribution is 9.10. The van der Waals surface area contributed by atoms with Crippen molar-refractivity contribution in [2.45, 2.75) is 6.54 Å². The second-order valence-corrected chi connectivity index (χ2v) is 9.80. The van der Waals surface area contributed by atoms with E-state index in [2.05, 4.69) is 49.7 Å². The molecule has 0 aliphatic carbocycles. The average molecular weight is 507 g/mol. The molecular formula is C25H23BrN4OS. The molecule has 3 aromatic carbocycles. The number of anilines is 1. The number of amides is 1. The van der Waals surface area contributed by atoms with Crippen LogP contribution in [-0.4, -0.2) is 42.0 Å². The predicted octanol–water partition coefficient (Wildman–Crippen LogP) is 5.38. The number of fused-ring (bicyclic) bond motifs is 1. The van der Waals surface area contributed by atoms with Crippen LogP contribution in [0.1, 0.15) is 15.9 Å². The van der Waals surface area contributed by atoms with Crippen molar-refractivity contribution in [3.63, 3.8) is 0 Å². The third-order valence-corrected chi connectivity index (χ3v) is 7.11. The van der Waals surface area contributed by atoms with Crippen LogP contribution in [0.25, 0.3) is 20.8 Å². The molecule has 0 atom stereocenters. The van der Waals surface area contributed by atoms with Crippen LogP contribution in [0.5, 0.6) is 0 Å². The Balaban J connectivity index is 1.40. The van der Waals surface area contributed by atoms with E-state index in [1.165, 1.54) is 10.3 Å². The van der Waals surface area contributed by atoms with Crippen LogP contribution in [0.4, 0.5) is 5.69 Å². The van der Waals surface area contributed by atoms with Crippen LogP contribution in [0.15, 0.2) is 71.2 Å². The van der Waals surface area contributed by atoms with Gasteiger partial charge in [0.05, 0.1) is 15.9 Å². The molecule has 1 aliphatic heterocycles. The molecule has 1 aromatic heterocycles. The van der Waals surface area contributed by atoms with E-state index in [1.54, 1.807) is 17.4 Å². The Labute approximate surface area is 199 Å². The number of carbonyl (C=O) groups is 1. The minimum absolute atomic E-state index is 0.141. The molecular weight excluding hydrogens is 484 g/mol. The molecule has 1 saturated heterocycles. The largest absolute Gasteiger partial charge is 0.321 e. The molecule has 0 bridgehead atoms. The number of piperazine rings is 1. The summed E-state index contributed by atoms with van der Waals surface area (Å²) in [5.74, 6) is -0.141. The Morgan fingerprint density at radius 3 is 2.75 bits per heavy atom. The first-order chi connectivity index (χ1) is 15.7. The number of hydrogen-bond acceptors (Lipinski definition) is 5. The number of nitrogens with zero attached hydrogens (tertiary/aromatic N) is 2. The molecule has 4 aromatic rings. The van der Waals surface area contributed by atoms with Crippen molar-refractivity contribution in [2.24, 2.45) is 0 Å². The molecule has 5 nitrogen and oxygen atoms in total. The third-order valence-electron chi connectivity index (χ3n) is 5.56. The molecule has 0 spiro atoms. The highest BCUT2D eigenvalue weighted by atomic mass is 79.9. The third kappa shape index (κ3) is 4.76. The van der Waals surface area contributed by atoms with Crippen molar-refractivity contribution in [3.8, 4) is 10.6 Å². The maximum atomic E-state index is 12.8. The number of thiazole rings is 1. The standard InChI is InChI=1S/C25H23BrN4OS/c26-19-5-3-4-18(15-19)24(31)28-21-7-2-1-6-20(21)25-29-22-9-8-17(14-23(22)32-25)16-30-12-10-27-11-13-30/h1-9,14-15,27H,10-13,16H2,(H,28,31). The van der Waals surface area contributed by atoms with Crippen LogP contribution in [0, 0.1) is 0 Å². The summed E-state index contributed by atoms with van der Waals surface area (Å²) in [6, 6.07) is 21.8. The van der Waals surface area contributed by atoms with Gasteiger partial charge in [-0.3, -0.25) is 9.69 Å². The minimum Gasteiger partial charge on any atom is -0.321 e. The van der Waals surface area contributed by atoms with Gasteiger partial charge in [0, 0.05) is 48.3 Å². The lowest BCUT2D eigenvalue weighted by atomic mass is 10.1. The summed E-state index contributed by atoms with van der Waals surface area (Å²) in [7, 11) is 0. The fourth-order valence-corrected chi connectivity index (χ4v) is 5.38. The summed E-state index contributed by atoms with van der Waals surface area (Å²) in [5, 5.41) is 7.37. The van der Waals surface area contributed by atoms with Gasteiger partial charge in [-0.1, -0.05) is 40.2 Å². The summed E-state index contributed by atoms with van der Waals surface area (Å²) in [5.41, 5.74) is 4.60. The number of rotatable bonds is 5. The predicted molar refractivity (Wildman–Crippen MR) is 135 cm³/mol. The molecule has 162 valence electrons. The van der Waals surface area contributed by atoms with E-state index in [9.17, 15) is 4.79 Å². The molecule has 0 saturated carbocycles. The van der Waals surface area contributed by atoms with Crippen LogP contribution in [-0.2, 0) is 6.54 Å². The van der Waals surface area contributed by atoms with Gasteiger partial charge in [-0.15, -0.1) is 11.3 Å². The van der Waals surface area contributed by atoms with Gasteiger partial charge in [0.1, 0.15) is 5.01 Å². The molecule has 1 amide bonds. The van der Waals surface area contributed by atoms with Crippen molar-refractivity contribution in [1.29, 1.82) is 0 Å². The molecule has 7 heteroatoms. The quantitative estimate of drug-likeness (QED) is 0.381. The lowest BCUT2D eigenvalue weighted by Gasteiger charge is -2.27. The molecule has 1 fully saturated rings. The molecule has 5 rings (SSSR count). The average Bonchev–Trinajstić information content (AvgIpc) is 3.23. The maximum absolute atomic E-state index is 12.8. The highest BCUT2D eigenvalue weighted by Gasteiger charge is 2.15. The topological polar surface area (TPSA) is 57.3 Å². The van der Waals surface area contributed by atoms with Gasteiger partial charge in [0.15, 0.2) is 0 Å². The fraction of sp³-hybridized carbons (Fsp3) is 0.200. The molecule has 1 aliphatic rings. The molecule has 2 N–H and O–H groups in total. The smallest absolute Gasteiger partial charge is 0.255 e. The first kappa shape index (κ1) is 21.3. The van der Waals surface area contributed by atoms with Gasteiger partial charge in [-0.05, 0) is 48.0 Å². The number of nitrogens with one attached hydrogen (secondary N) is 2. The van der Waals surface area contributed by atoms with E-state index in [0.717, 1.165) is 59.0 Å². The van der Waals surface area contributed by atoms with E-state index in [1.807, 2.05) is 42.5 Å². The van der Waals surface area contributed by atoms with E-state index in [4.69, 9.17) is 4.98 Å². The summed E-state index contributed by atoms with van der Waals surface area (Å²) in [6.07, 6.45) is 0. The number of aromatic nitrogens is 1. The van der Waals surface area contributed by atoms with Crippen LogP contribution >= 0.6 is 27.3 Å². The van der Waals surface area contributed by atoms with Crippen molar-refractivity contribution in [2.75, 3.05) is 31.5 Å². The zero-order valence-electron chi connectivity index (χ0n) is 17.5. The minimum atomic E-state index is -0.141. The Morgan fingerprint density at radius 2 is 1.91 bits per heavy atom. The number of para-hydroxylation sites is 1. The van der Waals surface area contributed by atoms with Gasteiger partial charge in [-0.2, -0.15) is 0 Å². The first-order valence-electron chi connectivity index (χ1n) is 10.6. The Morgan fingerprint density at radius 1 is 1.06 bits per heavy atom. The lowest BCUT2D eigenvalue weighted by Crippen LogP contribution is -2.42. The van der Waals surface area contributed by atoms with Crippen molar-refractivity contribution in [1.82, 2.24) is 15.2 Å². The molecule has 32 heavy (non-hydrogen) atoms. The van der Waals surface area contributed by atoms with Crippen LogP contribution < -0.4 is 10.6 Å². The van der Waals surface area contributed by atoms with Crippen LogP contribution in [0.2, 0.25) is 0 Å². The first-order valence-corrected chi connectivity index (χ1v) is 12.3. The van der Waals surface area contributed by atoms with Gasteiger partial charge < -0.3 is 10.6 Å². The lowest BCUT2D eigenvalue weighted by molar-refractivity contribution is 0.102. The van der Waals surface area contributed by atoms with Gasteiger partial charge in [-0.25, -0.2) is 4.98 Å². The van der Waals surface area contributed by atoms with Crippen molar-refractivity contribution in [3.05, 3.63) is 82.3 Å². The normalized spacial score (nSPS) is 14.5. The number of carbonyl (C=O) groups excluding carboxylic acids is 1. The number of benzene rings is 3. The maximum Gasteiger partial charge on any atom is 0.255 e. The molecule has 2 heterocycles. The van der Waals surface area contributed by atoms with E-state index < -0.39 is 0 Å². The summed E-state index contributed by atoms with van der Waals surface area (Å²) in [6.45, 7) is 5.23. The van der Waals surface area contributed by atoms with E-state index >= 15 is 0 Å². The highest BCUT2D eigenvalue weighted by Crippen LogP contribution is 2.35. The Kier molecular flexibility index (Phi) is 6.32. The van der Waals surface area contributed by atoms with Crippen molar-refractivity contribution >= 4 is 49.1 Å². The van der Waals surface area contributed by atoms with Crippen molar-refractivity contribution < 1.29 is 4.79 Å². The molecule has 0 radical (unpaired) electrons. The van der Waals surface area contributed by atoms with E-state index in [-0.39, 0.29) is 5.91 Å². The van der Waals surface area contributed by atoms with Crippen LogP contribution in [0.3, 0.4) is 0 Å². The zero-order valence-corrected chi connectivity index (χ0v) is 19.9. The van der Waals surface area contributed by atoms with E-state index in [0.29, 0.717) is 5.56 Å². The zero-order chi connectivity index (χ0) is 21.9. The summed E-state index contributed by atoms with van der Waals surface area (Å²) >= 11 is 5.09. The second kappa shape index (κ2) is 9.50.